The fraction of sp³-hybridized carbons (Fsp3) is 0.520. The molecule has 0 saturated carbocycles. The van der Waals surface area contributed by atoms with Crippen molar-refractivity contribution >= 4 is 8.32 Å². The van der Waals surface area contributed by atoms with E-state index in [0.717, 1.165) is 37.1 Å². The summed E-state index contributed by atoms with van der Waals surface area (Å²) in [4.78, 5) is 10.6. The molecule has 0 spiro atoms. The smallest absolute Gasteiger partial charge is 0.188 e. The van der Waals surface area contributed by atoms with Crippen molar-refractivity contribution < 1.29 is 14.3 Å². The van der Waals surface area contributed by atoms with E-state index in [0.29, 0.717) is 6.04 Å². The molecule has 4 nitrogen and oxygen atoms in total. The lowest BCUT2D eigenvalue weighted by molar-refractivity contribution is 0.000821. The zero-order valence-corrected chi connectivity index (χ0v) is 20.3. The Morgan fingerprint density at radius 1 is 1.10 bits per heavy atom. The van der Waals surface area contributed by atoms with E-state index in [4.69, 9.17) is 9.47 Å². The minimum absolute atomic E-state index is 0.00535. The van der Waals surface area contributed by atoms with Crippen molar-refractivity contribution in [2.45, 2.75) is 62.9 Å². The van der Waals surface area contributed by atoms with Crippen molar-refractivity contribution in [3.63, 3.8) is 0 Å². The van der Waals surface area contributed by atoms with Crippen molar-refractivity contribution in [1.29, 1.82) is 0 Å². The molecule has 1 fully saturated rings. The van der Waals surface area contributed by atoms with E-state index < -0.39 is 8.32 Å². The molecule has 0 bridgehead atoms. The van der Waals surface area contributed by atoms with Crippen molar-refractivity contribution in [2.24, 2.45) is 0 Å². The van der Waals surface area contributed by atoms with Gasteiger partial charge in [-0.1, -0.05) is 50.2 Å². The van der Waals surface area contributed by atoms with Crippen LogP contribution in [0.15, 0.2) is 48.5 Å². The van der Waals surface area contributed by atoms with Crippen LogP contribution in [0, 0.1) is 0 Å². The summed E-state index contributed by atoms with van der Waals surface area (Å²) >= 11 is 0. The molecule has 1 aliphatic heterocycles. The monoisotopic (exact) mass is 427 g/mol. The van der Waals surface area contributed by atoms with Gasteiger partial charge in [-0.2, -0.15) is 0 Å². The predicted octanol–water partition coefficient (Wildman–Crippen LogP) is 5.32. The molecule has 2 atom stereocenters. The number of hydrogen-bond acceptors (Lipinski definition) is 4. The molecule has 164 valence electrons. The summed E-state index contributed by atoms with van der Waals surface area (Å²) in [5.74, 6) is 0.866. The molecule has 0 aliphatic carbocycles. The zero-order valence-electron chi connectivity index (χ0n) is 19.3. The first-order valence-corrected chi connectivity index (χ1v) is 13.8. The third-order valence-corrected chi connectivity index (χ3v) is 10.8. The Morgan fingerprint density at radius 2 is 1.80 bits per heavy atom. The van der Waals surface area contributed by atoms with Crippen LogP contribution in [0.2, 0.25) is 18.1 Å². The Labute approximate surface area is 182 Å². The van der Waals surface area contributed by atoms with Gasteiger partial charge in [-0.25, -0.2) is 0 Å². The van der Waals surface area contributed by atoms with Crippen LogP contribution < -0.4 is 10.1 Å². The molecule has 1 heterocycles. The van der Waals surface area contributed by atoms with Gasteiger partial charge in [-0.05, 0) is 66.2 Å². The zero-order chi connectivity index (χ0) is 22.0. The van der Waals surface area contributed by atoms with E-state index in [1.807, 2.05) is 32.3 Å². The molecule has 0 radical (unpaired) electrons. The second-order valence-electron chi connectivity index (χ2n) is 9.77. The molecule has 5 heteroatoms. The molecule has 1 saturated heterocycles. The Balaban J connectivity index is 1.71. The lowest BCUT2D eigenvalue weighted by atomic mass is 9.88. The summed E-state index contributed by atoms with van der Waals surface area (Å²) in [5, 5.41) is 3.68. The first-order valence-electron chi connectivity index (χ1n) is 10.9. The van der Waals surface area contributed by atoms with Crippen LogP contribution in [0.1, 0.15) is 38.7 Å². The first kappa shape index (κ1) is 23.0. The lowest BCUT2D eigenvalue weighted by Gasteiger charge is -2.36. The van der Waals surface area contributed by atoms with Crippen LogP contribution >= 0.6 is 0 Å². The molecule has 0 amide bonds. The Bertz CT molecular complexity index is 844. The SMILES string of the molecule is COc1cccc(-c2ccc([C@@]3(OC)CN[C@H](CCC(C)(C)[Si](C)(C)O)C3)cc2)c1. The maximum atomic E-state index is 10.6. The number of methoxy groups -OCH3 is 2. The molecular weight excluding hydrogens is 390 g/mol. The number of benzene rings is 2. The van der Waals surface area contributed by atoms with Gasteiger partial charge in [0.25, 0.3) is 0 Å². The van der Waals surface area contributed by atoms with Gasteiger partial charge in [0, 0.05) is 19.7 Å². The maximum absolute atomic E-state index is 10.6. The largest absolute Gasteiger partial charge is 0.497 e. The third kappa shape index (κ3) is 4.80. The van der Waals surface area contributed by atoms with Gasteiger partial charge in [0.05, 0.1) is 7.11 Å². The highest BCUT2D eigenvalue weighted by atomic mass is 28.4. The topological polar surface area (TPSA) is 50.7 Å². The summed E-state index contributed by atoms with van der Waals surface area (Å²) in [5.41, 5.74) is 3.23. The van der Waals surface area contributed by atoms with E-state index in [1.54, 1.807) is 7.11 Å². The summed E-state index contributed by atoms with van der Waals surface area (Å²) < 4.78 is 11.4. The van der Waals surface area contributed by atoms with E-state index in [9.17, 15) is 4.80 Å². The molecule has 3 rings (SSSR count). The summed E-state index contributed by atoms with van der Waals surface area (Å²) in [6.07, 6.45) is 3.03. The molecular formula is C25H37NO3Si. The van der Waals surface area contributed by atoms with Crippen LogP contribution in [-0.4, -0.2) is 39.9 Å². The minimum Gasteiger partial charge on any atom is -0.497 e. The molecule has 0 unspecified atom stereocenters. The van der Waals surface area contributed by atoms with Crippen LogP contribution in [0.3, 0.4) is 0 Å². The van der Waals surface area contributed by atoms with Gasteiger partial charge in [-0.15, -0.1) is 0 Å². The Kier molecular flexibility index (Phi) is 6.77. The summed E-state index contributed by atoms with van der Waals surface area (Å²) in [7, 11) is 1.33. The van der Waals surface area contributed by atoms with Crippen molar-refractivity contribution in [3.8, 4) is 16.9 Å². The maximum Gasteiger partial charge on any atom is 0.188 e. The van der Waals surface area contributed by atoms with Crippen LogP contribution in [-0.2, 0) is 10.3 Å². The molecule has 0 aromatic heterocycles. The van der Waals surface area contributed by atoms with Gasteiger partial charge < -0.3 is 19.6 Å². The van der Waals surface area contributed by atoms with E-state index in [-0.39, 0.29) is 10.6 Å². The molecule has 1 aliphatic rings. The van der Waals surface area contributed by atoms with Crippen molar-refractivity contribution in [1.82, 2.24) is 5.32 Å². The molecule has 30 heavy (non-hydrogen) atoms. The fourth-order valence-electron chi connectivity index (χ4n) is 4.16. The van der Waals surface area contributed by atoms with E-state index >= 15 is 0 Å². The standard InChI is InChI=1S/C25H37NO3Si/c1-24(2,30(5,6)27)15-14-22-17-25(29-4,18-26-22)21-12-10-19(11-13-21)20-8-7-9-23(16-20)28-3/h7-13,16,22,26-27H,14-15,17-18H2,1-6H3/t22-,25+/m1/s1. The highest BCUT2D eigenvalue weighted by molar-refractivity contribution is 6.72. The van der Waals surface area contributed by atoms with Crippen LogP contribution in [0.5, 0.6) is 5.75 Å². The van der Waals surface area contributed by atoms with E-state index in [1.165, 1.54) is 11.1 Å². The summed E-state index contributed by atoms with van der Waals surface area (Å²) in [6, 6.07) is 17.3. The first-order chi connectivity index (χ1) is 14.1. The number of rotatable bonds is 8. The third-order valence-electron chi connectivity index (χ3n) is 7.23. The Morgan fingerprint density at radius 3 is 2.40 bits per heavy atom. The molecule has 2 aromatic carbocycles. The van der Waals surface area contributed by atoms with Crippen LogP contribution in [0.4, 0.5) is 0 Å². The van der Waals surface area contributed by atoms with Gasteiger partial charge in [0.2, 0.25) is 0 Å². The number of ether oxygens (including phenoxy) is 2. The highest BCUT2D eigenvalue weighted by Crippen LogP contribution is 2.42. The number of hydrogen-bond donors (Lipinski definition) is 2. The predicted molar refractivity (Wildman–Crippen MR) is 127 cm³/mol. The fourth-order valence-corrected chi connectivity index (χ4v) is 4.92. The van der Waals surface area contributed by atoms with Crippen molar-refractivity contribution in [3.05, 3.63) is 54.1 Å². The normalized spacial score (nSPS) is 22.3. The molecule has 2 N–H and O–H groups in total. The molecule has 2 aromatic rings. The Hall–Kier alpha value is -1.66. The second kappa shape index (κ2) is 8.83. The van der Waals surface area contributed by atoms with E-state index in [2.05, 4.69) is 55.6 Å². The summed E-state index contributed by atoms with van der Waals surface area (Å²) in [6.45, 7) is 9.30. The highest BCUT2D eigenvalue weighted by Gasteiger charge is 2.43. The minimum atomic E-state index is -2.18. The van der Waals surface area contributed by atoms with Gasteiger partial charge in [0.1, 0.15) is 11.4 Å². The number of nitrogens with one attached hydrogen (secondary N) is 1. The van der Waals surface area contributed by atoms with Gasteiger partial charge in [-0.3, -0.25) is 0 Å². The van der Waals surface area contributed by atoms with Gasteiger partial charge in [0.15, 0.2) is 8.32 Å². The second-order valence-corrected chi connectivity index (χ2v) is 14.2. The quantitative estimate of drug-likeness (QED) is 0.560. The lowest BCUT2D eigenvalue weighted by Crippen LogP contribution is -2.39. The van der Waals surface area contributed by atoms with Crippen LogP contribution in [0.25, 0.3) is 11.1 Å². The average molecular weight is 428 g/mol. The van der Waals surface area contributed by atoms with Gasteiger partial charge >= 0.3 is 0 Å². The average Bonchev–Trinajstić information content (AvgIpc) is 3.16. The van der Waals surface area contributed by atoms with Crippen molar-refractivity contribution in [2.75, 3.05) is 20.8 Å².